The van der Waals surface area contributed by atoms with Gasteiger partial charge < -0.3 is 14.4 Å². The smallest absolute Gasteiger partial charge is 0.311 e. The van der Waals surface area contributed by atoms with Gasteiger partial charge in [-0.3, -0.25) is 9.59 Å². The molecule has 1 rings (SSSR count). The van der Waals surface area contributed by atoms with Crippen LogP contribution in [-0.2, 0) is 14.5 Å². The van der Waals surface area contributed by atoms with Crippen molar-refractivity contribution in [2.24, 2.45) is 0 Å². The molecule has 11 heteroatoms. The van der Waals surface area contributed by atoms with E-state index >= 15 is 0 Å². The van der Waals surface area contributed by atoms with Crippen LogP contribution >= 0.6 is 0 Å². The maximum absolute atomic E-state index is 11.7. The molecule has 0 aliphatic carbocycles. The first-order chi connectivity index (χ1) is 11.9. The van der Waals surface area contributed by atoms with E-state index in [-0.39, 0.29) is 24.2 Å². The van der Waals surface area contributed by atoms with Gasteiger partial charge in [-0.25, -0.2) is 0 Å². The summed E-state index contributed by atoms with van der Waals surface area (Å²) in [7, 11) is 0. The normalized spacial score (nSPS) is 11.2. The van der Waals surface area contributed by atoms with Gasteiger partial charge >= 0.3 is 5.97 Å². The van der Waals surface area contributed by atoms with Crippen molar-refractivity contribution >= 4 is 12.3 Å². The number of rotatable bonds is 12. The number of carbonyl (C=O) groups excluding carboxylic acids is 2. The number of ether oxygens (including phenoxy) is 1. The molecule has 0 aliphatic heterocycles. The Balaban J connectivity index is 2.36. The minimum atomic E-state index is -1.10. The topological polar surface area (TPSA) is 148 Å². The van der Waals surface area contributed by atoms with Crippen LogP contribution in [0.15, 0.2) is 24.3 Å². The molecule has 0 amide bonds. The van der Waals surface area contributed by atoms with Crippen molar-refractivity contribution in [3.63, 3.8) is 0 Å². The zero-order chi connectivity index (χ0) is 18.7. The van der Waals surface area contributed by atoms with Crippen LogP contribution < -0.4 is 4.74 Å². The molecule has 1 aromatic carbocycles. The highest BCUT2D eigenvalue weighted by atomic mass is 17.0. The molecule has 0 aliphatic rings. The van der Waals surface area contributed by atoms with Gasteiger partial charge in [-0.05, 0) is 25.0 Å². The molecular formula is C14H16N2O9. The van der Waals surface area contributed by atoms with E-state index < -0.39 is 28.9 Å². The number of aldehydes is 1. The van der Waals surface area contributed by atoms with Crippen LogP contribution in [0.5, 0.6) is 5.75 Å². The van der Waals surface area contributed by atoms with E-state index in [1.54, 1.807) is 12.1 Å². The fourth-order valence-electron chi connectivity index (χ4n) is 1.92. The first-order valence-electron chi connectivity index (χ1n) is 7.25. The summed E-state index contributed by atoms with van der Waals surface area (Å²) in [6.45, 7) is -0.578. The standard InChI is InChI=1S/C14H16N2O9/c17-9-11-5-1-3-7-13(11)24-14(18)8-4-2-6-12(25-16(21)22)10-23-15(19)20/h1,3,5,7,9,12H,2,4,6,8,10H2. The Morgan fingerprint density at radius 3 is 2.52 bits per heavy atom. The van der Waals surface area contributed by atoms with Gasteiger partial charge in [0.15, 0.2) is 6.29 Å². The highest BCUT2D eigenvalue weighted by Crippen LogP contribution is 2.17. The van der Waals surface area contributed by atoms with Gasteiger partial charge in [-0.15, -0.1) is 20.2 Å². The van der Waals surface area contributed by atoms with E-state index in [4.69, 9.17) is 4.74 Å². The fraction of sp³-hybridized carbons (Fsp3) is 0.429. The summed E-state index contributed by atoms with van der Waals surface area (Å²) < 4.78 is 5.06. The van der Waals surface area contributed by atoms with Gasteiger partial charge in [-0.1, -0.05) is 18.6 Å². The van der Waals surface area contributed by atoms with E-state index in [0.717, 1.165) is 0 Å². The Hall–Kier alpha value is -3.24. The Bertz CT molecular complexity index is 620. The lowest BCUT2D eigenvalue weighted by molar-refractivity contribution is -0.790. The van der Waals surface area contributed by atoms with E-state index in [9.17, 15) is 29.8 Å². The van der Waals surface area contributed by atoms with E-state index in [2.05, 4.69) is 9.68 Å². The lowest BCUT2D eigenvalue weighted by atomic mass is 10.1. The van der Waals surface area contributed by atoms with E-state index in [0.29, 0.717) is 19.1 Å². The first kappa shape index (κ1) is 19.8. The molecule has 0 bridgehead atoms. The number of hydrogen-bond donors (Lipinski definition) is 0. The molecule has 0 N–H and O–H groups in total. The van der Waals surface area contributed by atoms with Crippen molar-refractivity contribution in [1.29, 1.82) is 0 Å². The van der Waals surface area contributed by atoms with Crippen molar-refractivity contribution in [1.82, 2.24) is 0 Å². The molecule has 25 heavy (non-hydrogen) atoms. The van der Waals surface area contributed by atoms with Crippen LogP contribution in [0.4, 0.5) is 0 Å². The Morgan fingerprint density at radius 2 is 1.88 bits per heavy atom. The molecule has 0 saturated carbocycles. The maximum Gasteiger partial charge on any atom is 0.311 e. The summed E-state index contributed by atoms with van der Waals surface area (Å²) in [6, 6.07) is 6.23. The molecule has 11 nitrogen and oxygen atoms in total. The zero-order valence-electron chi connectivity index (χ0n) is 13.1. The highest BCUT2D eigenvalue weighted by Gasteiger charge is 2.16. The SMILES string of the molecule is O=Cc1ccccc1OC(=O)CCCCC(CO[N+](=O)[O-])O[N+](=O)[O-]. The first-order valence-corrected chi connectivity index (χ1v) is 7.25. The second-order valence-corrected chi connectivity index (χ2v) is 4.85. The largest absolute Gasteiger partial charge is 0.426 e. The number of hydrogen-bond acceptors (Lipinski definition) is 9. The van der Waals surface area contributed by atoms with Crippen LogP contribution in [0, 0.1) is 20.2 Å². The quantitative estimate of drug-likeness (QED) is 0.136. The predicted octanol–water partition coefficient (Wildman–Crippen LogP) is 1.75. The third-order valence-corrected chi connectivity index (χ3v) is 3.03. The Labute approximate surface area is 141 Å². The third kappa shape index (κ3) is 8.25. The second kappa shape index (κ2) is 10.5. The molecule has 0 saturated heterocycles. The molecule has 0 aromatic heterocycles. The van der Waals surface area contributed by atoms with Gasteiger partial charge in [0.1, 0.15) is 18.5 Å². The van der Waals surface area contributed by atoms with Gasteiger partial charge in [0, 0.05) is 6.42 Å². The molecule has 1 atom stereocenters. The number of carbonyl (C=O) groups is 2. The minimum absolute atomic E-state index is 0.00840. The highest BCUT2D eigenvalue weighted by molar-refractivity contribution is 5.82. The Kier molecular flexibility index (Phi) is 8.33. The van der Waals surface area contributed by atoms with Crippen molar-refractivity contribution in [3.05, 3.63) is 50.1 Å². The summed E-state index contributed by atoms with van der Waals surface area (Å²) >= 11 is 0. The molecular weight excluding hydrogens is 340 g/mol. The summed E-state index contributed by atoms with van der Waals surface area (Å²) in [5.74, 6) is -0.418. The number of benzene rings is 1. The molecule has 0 spiro atoms. The number of nitrogens with zero attached hydrogens (tertiary/aromatic N) is 2. The molecule has 1 aromatic rings. The lowest BCUT2D eigenvalue weighted by Gasteiger charge is -2.13. The van der Waals surface area contributed by atoms with Crippen LogP contribution in [0.3, 0.4) is 0 Å². The van der Waals surface area contributed by atoms with E-state index in [1.807, 2.05) is 0 Å². The van der Waals surface area contributed by atoms with Crippen LogP contribution in [-0.4, -0.2) is 35.1 Å². The summed E-state index contributed by atoms with van der Waals surface area (Å²) in [6.07, 6.45) is 0.202. The zero-order valence-corrected chi connectivity index (χ0v) is 13.1. The monoisotopic (exact) mass is 356 g/mol. The van der Waals surface area contributed by atoms with Gasteiger partial charge in [-0.2, -0.15) is 0 Å². The number of unbranched alkanes of at least 4 members (excludes halogenated alkanes) is 1. The maximum atomic E-state index is 11.7. The predicted molar refractivity (Wildman–Crippen MR) is 80.7 cm³/mol. The van der Waals surface area contributed by atoms with Crippen molar-refractivity contribution in [3.8, 4) is 5.75 Å². The third-order valence-electron chi connectivity index (χ3n) is 3.03. The average Bonchev–Trinajstić information content (AvgIpc) is 2.56. The lowest BCUT2D eigenvalue weighted by Crippen LogP contribution is -2.24. The summed E-state index contributed by atoms with van der Waals surface area (Å²) in [5.41, 5.74) is 0.243. The van der Waals surface area contributed by atoms with E-state index in [1.165, 1.54) is 12.1 Å². The molecule has 0 radical (unpaired) electrons. The van der Waals surface area contributed by atoms with Gasteiger partial charge in [0.25, 0.3) is 10.2 Å². The van der Waals surface area contributed by atoms with Crippen molar-refractivity contribution < 1.29 is 34.2 Å². The van der Waals surface area contributed by atoms with Crippen LogP contribution in [0.2, 0.25) is 0 Å². The number of para-hydroxylation sites is 1. The molecule has 0 heterocycles. The second-order valence-electron chi connectivity index (χ2n) is 4.85. The fourth-order valence-corrected chi connectivity index (χ4v) is 1.92. The number of esters is 1. The Morgan fingerprint density at radius 1 is 1.16 bits per heavy atom. The summed E-state index contributed by atoms with van der Waals surface area (Å²) in [4.78, 5) is 51.3. The summed E-state index contributed by atoms with van der Waals surface area (Å²) in [5, 5.41) is 18.3. The molecule has 1 unspecified atom stereocenters. The van der Waals surface area contributed by atoms with Gasteiger partial charge in [0.05, 0.1) is 5.56 Å². The van der Waals surface area contributed by atoms with Crippen LogP contribution in [0.25, 0.3) is 0 Å². The van der Waals surface area contributed by atoms with Crippen LogP contribution in [0.1, 0.15) is 36.0 Å². The molecule has 0 fully saturated rings. The van der Waals surface area contributed by atoms with Crippen molar-refractivity contribution in [2.45, 2.75) is 31.8 Å². The molecule has 136 valence electrons. The average molecular weight is 356 g/mol. The minimum Gasteiger partial charge on any atom is -0.426 e. The van der Waals surface area contributed by atoms with Crippen molar-refractivity contribution in [2.75, 3.05) is 6.61 Å². The van der Waals surface area contributed by atoms with Gasteiger partial charge in [0.2, 0.25) is 0 Å².